The van der Waals surface area contributed by atoms with Crippen molar-refractivity contribution in [3.63, 3.8) is 0 Å². The molecule has 2 rings (SSSR count). The second kappa shape index (κ2) is 18.3. The number of ether oxygens (including phenoxy) is 11. The summed E-state index contributed by atoms with van der Waals surface area (Å²) in [5.74, 6) is -5.81. The zero-order valence-electron chi connectivity index (χ0n) is 27.0. The van der Waals surface area contributed by atoms with Crippen molar-refractivity contribution in [3.8, 4) is 0 Å². The summed E-state index contributed by atoms with van der Waals surface area (Å²) >= 11 is 0. The molecule has 0 aliphatic carbocycles. The molecule has 0 aromatic heterocycles. The number of hydrogen-bond donors (Lipinski definition) is 0. The van der Waals surface area contributed by atoms with Gasteiger partial charge in [0.25, 0.3) is 0 Å². The van der Waals surface area contributed by atoms with Crippen LogP contribution < -0.4 is 0 Å². The van der Waals surface area contributed by atoms with Crippen LogP contribution in [0.5, 0.6) is 0 Å². The zero-order chi connectivity index (χ0) is 35.4. The van der Waals surface area contributed by atoms with E-state index in [2.05, 4.69) is 6.58 Å². The molecule has 2 aliphatic heterocycles. The van der Waals surface area contributed by atoms with E-state index in [9.17, 15) is 33.6 Å². The fourth-order valence-electron chi connectivity index (χ4n) is 4.77. The largest absolute Gasteiger partial charge is 0.463 e. The van der Waals surface area contributed by atoms with E-state index in [0.29, 0.717) is 0 Å². The topological polar surface area (TPSA) is 221 Å². The first-order valence-electron chi connectivity index (χ1n) is 14.4. The van der Waals surface area contributed by atoms with Crippen LogP contribution in [-0.4, -0.2) is 123 Å². The van der Waals surface area contributed by atoms with Crippen molar-refractivity contribution in [1.29, 1.82) is 0 Å². The molecule has 18 heteroatoms. The normalized spacial score (nSPS) is 30.1. The lowest BCUT2D eigenvalue weighted by atomic mass is 9.96. The highest BCUT2D eigenvalue weighted by molar-refractivity contribution is 5.69. The Balaban J connectivity index is 2.72. The summed E-state index contributed by atoms with van der Waals surface area (Å²) in [5.41, 5.74) is 0. The van der Waals surface area contributed by atoms with Gasteiger partial charge in [-0.1, -0.05) is 6.08 Å². The quantitative estimate of drug-likeness (QED) is 0.132. The third kappa shape index (κ3) is 12.2. The van der Waals surface area contributed by atoms with Crippen LogP contribution in [0.15, 0.2) is 12.7 Å². The van der Waals surface area contributed by atoms with Crippen molar-refractivity contribution in [3.05, 3.63) is 12.7 Å². The van der Waals surface area contributed by atoms with Crippen LogP contribution in [0.25, 0.3) is 0 Å². The van der Waals surface area contributed by atoms with Crippen LogP contribution in [0.1, 0.15) is 48.5 Å². The number of carbonyl (C=O) groups is 7. The van der Waals surface area contributed by atoms with Gasteiger partial charge >= 0.3 is 41.8 Å². The molecule has 10 atom stereocenters. The van der Waals surface area contributed by atoms with Crippen molar-refractivity contribution >= 4 is 41.8 Å². The third-order valence-electron chi connectivity index (χ3n) is 6.26. The molecular weight excluding hydrogens is 636 g/mol. The van der Waals surface area contributed by atoms with Gasteiger partial charge in [-0.25, -0.2) is 0 Å². The molecule has 2 heterocycles. The third-order valence-corrected chi connectivity index (χ3v) is 6.26. The monoisotopic (exact) mass is 676 g/mol. The van der Waals surface area contributed by atoms with E-state index in [-0.39, 0.29) is 6.61 Å². The van der Waals surface area contributed by atoms with Gasteiger partial charge in [0.1, 0.15) is 31.5 Å². The van der Waals surface area contributed by atoms with Gasteiger partial charge in [-0.15, -0.1) is 6.58 Å². The van der Waals surface area contributed by atoms with Gasteiger partial charge in [-0.3, -0.25) is 33.6 Å². The van der Waals surface area contributed by atoms with Gasteiger partial charge in [0, 0.05) is 48.5 Å². The lowest BCUT2D eigenvalue weighted by Crippen LogP contribution is -2.67. The summed E-state index contributed by atoms with van der Waals surface area (Å²) < 4.78 is 61.3. The maximum absolute atomic E-state index is 12.3. The molecule has 18 nitrogen and oxygen atoms in total. The van der Waals surface area contributed by atoms with Crippen molar-refractivity contribution < 1.29 is 85.7 Å². The molecule has 0 aromatic rings. The Morgan fingerprint density at radius 1 is 0.511 bits per heavy atom. The highest BCUT2D eigenvalue weighted by Gasteiger charge is 2.57. The summed E-state index contributed by atoms with van der Waals surface area (Å²) in [5, 5.41) is 0. The van der Waals surface area contributed by atoms with Crippen molar-refractivity contribution in [2.75, 3.05) is 19.8 Å². The number of rotatable bonds is 14. The highest BCUT2D eigenvalue weighted by atomic mass is 16.8. The molecule has 0 aromatic carbocycles. The summed E-state index contributed by atoms with van der Waals surface area (Å²) in [6.45, 7) is 9.85. The van der Waals surface area contributed by atoms with Crippen LogP contribution in [0.3, 0.4) is 0 Å². The Morgan fingerprint density at radius 2 is 0.872 bits per heavy atom. The molecule has 0 N–H and O–H groups in total. The summed E-state index contributed by atoms with van der Waals surface area (Å²) in [6.07, 6.45) is -13.9. The summed E-state index contributed by atoms with van der Waals surface area (Å²) in [4.78, 5) is 84.6. The van der Waals surface area contributed by atoms with Gasteiger partial charge in [-0.05, 0) is 0 Å². The number of esters is 7. The molecule has 0 bridgehead atoms. The van der Waals surface area contributed by atoms with E-state index in [4.69, 9.17) is 52.1 Å². The lowest BCUT2D eigenvalue weighted by molar-refractivity contribution is -0.360. The lowest BCUT2D eigenvalue weighted by Gasteiger charge is -2.48. The second-order valence-electron chi connectivity index (χ2n) is 10.3. The number of carbonyl (C=O) groups excluding carboxylic acids is 7. The minimum Gasteiger partial charge on any atom is -0.463 e. The molecule has 0 radical (unpaired) electrons. The minimum absolute atomic E-state index is 0.110. The standard InChI is InChI=1S/C29H40O18/c1-9-10-37-28-26(43-18(7)35)25(42-17(6)34)23(21(45-28)12-39-14(3)31)47-29-27(44-19(8)36)24(41-16(5)33)22(40-15(4)32)20(46-29)11-38-13(2)30/h9,20-29H,1,10-12H2,2-8H3/t20-,21-,22-,23-,24+,25+,26-,27-,28?,29+/m1/s1. The maximum atomic E-state index is 12.3. The van der Waals surface area contributed by atoms with Gasteiger partial charge in [-0.2, -0.15) is 0 Å². The molecule has 264 valence electrons. The van der Waals surface area contributed by atoms with Crippen LogP contribution in [0, 0.1) is 0 Å². The smallest absolute Gasteiger partial charge is 0.303 e. The molecular formula is C29H40O18. The highest BCUT2D eigenvalue weighted by Crippen LogP contribution is 2.35. The van der Waals surface area contributed by atoms with Crippen LogP contribution in [-0.2, 0) is 85.7 Å². The minimum atomic E-state index is -1.77. The molecule has 2 saturated heterocycles. The van der Waals surface area contributed by atoms with E-state index < -0.39 is 116 Å². The molecule has 47 heavy (non-hydrogen) atoms. The van der Waals surface area contributed by atoms with Crippen molar-refractivity contribution in [2.45, 2.75) is 110 Å². The van der Waals surface area contributed by atoms with Gasteiger partial charge in [0.15, 0.2) is 43.1 Å². The average Bonchev–Trinajstić information content (AvgIpc) is 2.94. The Bertz CT molecular complexity index is 1170. The number of hydrogen-bond acceptors (Lipinski definition) is 18. The van der Waals surface area contributed by atoms with E-state index >= 15 is 0 Å². The Labute approximate surface area is 270 Å². The zero-order valence-corrected chi connectivity index (χ0v) is 27.0. The second-order valence-corrected chi connectivity index (χ2v) is 10.3. The van der Waals surface area contributed by atoms with E-state index in [1.54, 1.807) is 0 Å². The maximum Gasteiger partial charge on any atom is 0.303 e. The fourth-order valence-corrected chi connectivity index (χ4v) is 4.77. The first kappa shape index (κ1) is 39.1. The Kier molecular flexibility index (Phi) is 15.2. The van der Waals surface area contributed by atoms with Crippen LogP contribution in [0.4, 0.5) is 0 Å². The van der Waals surface area contributed by atoms with Crippen molar-refractivity contribution in [2.24, 2.45) is 0 Å². The predicted octanol–water partition coefficient (Wildman–Crippen LogP) is -0.191. The molecule has 0 saturated carbocycles. The predicted molar refractivity (Wildman–Crippen MR) is 149 cm³/mol. The molecule has 2 aliphatic rings. The van der Waals surface area contributed by atoms with Crippen LogP contribution in [0.2, 0.25) is 0 Å². The molecule has 0 amide bonds. The molecule has 1 unspecified atom stereocenters. The van der Waals surface area contributed by atoms with Crippen LogP contribution >= 0.6 is 0 Å². The Hall–Kier alpha value is -4.13. The summed E-state index contributed by atoms with van der Waals surface area (Å²) in [7, 11) is 0. The summed E-state index contributed by atoms with van der Waals surface area (Å²) in [6, 6.07) is 0. The SMILES string of the molecule is C=CCOC1O[C@H](COC(C)=O)[C@@H](O[C@@H]2O[C@H](COC(C)=O)[C@@H](OC(C)=O)[C@H](OC(C)=O)[C@H]2OC(C)=O)[C@H](OC(C)=O)[C@H]1OC(C)=O. The van der Waals surface area contributed by atoms with Gasteiger partial charge < -0.3 is 52.1 Å². The van der Waals surface area contributed by atoms with Gasteiger partial charge in [0.05, 0.1) is 6.61 Å². The first-order valence-corrected chi connectivity index (χ1v) is 14.4. The van der Waals surface area contributed by atoms with Gasteiger partial charge in [0.2, 0.25) is 0 Å². The average molecular weight is 677 g/mol. The van der Waals surface area contributed by atoms with E-state index in [1.807, 2.05) is 0 Å². The Morgan fingerprint density at radius 3 is 1.30 bits per heavy atom. The fraction of sp³-hybridized carbons (Fsp3) is 0.690. The molecule has 0 spiro atoms. The molecule has 2 fully saturated rings. The van der Waals surface area contributed by atoms with Crippen molar-refractivity contribution in [1.82, 2.24) is 0 Å². The first-order chi connectivity index (χ1) is 22.0. The van der Waals surface area contributed by atoms with E-state index in [0.717, 1.165) is 48.5 Å². The van der Waals surface area contributed by atoms with E-state index in [1.165, 1.54) is 6.08 Å².